The first-order valence-electron chi connectivity index (χ1n) is 10.9. The molecule has 0 aliphatic carbocycles. The molecule has 1 fully saturated rings. The second kappa shape index (κ2) is 9.80. The summed E-state index contributed by atoms with van der Waals surface area (Å²) in [5.41, 5.74) is 7.64. The Hall–Kier alpha value is -1.76. The Balaban J connectivity index is 1.67. The molecule has 2 aromatic rings. The summed E-state index contributed by atoms with van der Waals surface area (Å²) < 4.78 is 3.17. The second-order valence-electron chi connectivity index (χ2n) is 9.55. The van der Waals surface area contributed by atoms with E-state index in [0.29, 0.717) is 0 Å². The van der Waals surface area contributed by atoms with E-state index in [2.05, 4.69) is 105 Å². The average molecular weight is 457 g/mol. The zero-order valence-corrected chi connectivity index (χ0v) is 21.1. The lowest BCUT2D eigenvalue weighted by molar-refractivity contribution is 0.249. The number of thiol groups is 1. The molecular weight excluding hydrogens is 420 g/mol. The lowest BCUT2D eigenvalue weighted by atomic mass is 9.85. The minimum absolute atomic E-state index is 0.0339. The standard InChI is InChI=1S/C25H36N4S2/c1-16(20-10-12-21(13-11-20)23-18(3)26-15-31-23)27-17(2)22-9-8-14-29(22)19(4)24(28-30)25(5,6)7/h10-13,15-16,22,24,27-28,30H,2,4,8-9,14H2,1,3,5-7H3. The van der Waals surface area contributed by atoms with Crippen molar-refractivity contribution in [1.82, 2.24) is 19.9 Å². The maximum Gasteiger partial charge on any atom is 0.0801 e. The lowest BCUT2D eigenvalue weighted by Gasteiger charge is -2.39. The Kier molecular flexibility index (Phi) is 7.55. The highest BCUT2D eigenvalue weighted by Crippen LogP contribution is 2.34. The predicted octanol–water partition coefficient (Wildman–Crippen LogP) is 6.11. The molecule has 3 atom stereocenters. The Morgan fingerprint density at radius 1 is 1.26 bits per heavy atom. The van der Waals surface area contributed by atoms with Crippen LogP contribution in [0.5, 0.6) is 0 Å². The fraction of sp³-hybridized carbons (Fsp3) is 0.480. The number of likely N-dealkylation sites (tertiary alicyclic amines) is 1. The minimum Gasteiger partial charge on any atom is -0.381 e. The van der Waals surface area contributed by atoms with Gasteiger partial charge in [-0.1, -0.05) is 71.0 Å². The van der Waals surface area contributed by atoms with Crippen molar-refractivity contribution in [2.24, 2.45) is 5.41 Å². The van der Waals surface area contributed by atoms with E-state index in [1.54, 1.807) is 11.3 Å². The monoisotopic (exact) mass is 456 g/mol. The lowest BCUT2D eigenvalue weighted by Crippen LogP contribution is -2.46. The molecule has 0 radical (unpaired) electrons. The third kappa shape index (κ3) is 5.36. The maximum absolute atomic E-state index is 4.43. The van der Waals surface area contributed by atoms with Crippen LogP contribution in [0.1, 0.15) is 57.8 Å². The largest absolute Gasteiger partial charge is 0.381 e. The maximum atomic E-state index is 4.43. The molecule has 0 bridgehead atoms. The molecule has 1 aromatic carbocycles. The van der Waals surface area contributed by atoms with Gasteiger partial charge in [-0.25, -0.2) is 4.98 Å². The van der Waals surface area contributed by atoms with Crippen LogP contribution in [0.25, 0.3) is 10.4 Å². The van der Waals surface area contributed by atoms with Gasteiger partial charge in [0.05, 0.1) is 28.2 Å². The van der Waals surface area contributed by atoms with Gasteiger partial charge in [0, 0.05) is 24.0 Å². The van der Waals surface area contributed by atoms with E-state index < -0.39 is 0 Å². The van der Waals surface area contributed by atoms with Crippen LogP contribution in [0.3, 0.4) is 0 Å². The van der Waals surface area contributed by atoms with Crippen molar-refractivity contribution in [3.05, 3.63) is 65.6 Å². The van der Waals surface area contributed by atoms with Gasteiger partial charge < -0.3 is 10.2 Å². The number of hydrogen-bond donors (Lipinski definition) is 3. The number of hydrogen-bond acceptors (Lipinski definition) is 6. The van der Waals surface area contributed by atoms with E-state index in [1.807, 2.05) is 5.51 Å². The third-order valence-electron chi connectivity index (χ3n) is 6.17. The fourth-order valence-electron chi connectivity index (χ4n) is 4.37. The number of aryl methyl sites for hydroxylation is 1. The van der Waals surface area contributed by atoms with Crippen LogP contribution >= 0.6 is 24.2 Å². The molecule has 2 N–H and O–H groups in total. The highest BCUT2D eigenvalue weighted by atomic mass is 32.1. The summed E-state index contributed by atoms with van der Waals surface area (Å²) in [5.74, 6) is 0. The second-order valence-corrected chi connectivity index (χ2v) is 10.7. The van der Waals surface area contributed by atoms with E-state index in [1.165, 1.54) is 16.0 Å². The molecular formula is C25H36N4S2. The summed E-state index contributed by atoms with van der Waals surface area (Å²) in [6, 6.07) is 9.31. The molecule has 1 saturated heterocycles. The molecule has 31 heavy (non-hydrogen) atoms. The molecule has 3 rings (SSSR count). The zero-order valence-electron chi connectivity index (χ0n) is 19.4. The molecule has 3 unspecified atom stereocenters. The van der Waals surface area contributed by atoms with Crippen molar-refractivity contribution in [2.75, 3.05) is 6.54 Å². The number of benzene rings is 1. The van der Waals surface area contributed by atoms with Crippen LogP contribution in [-0.4, -0.2) is 28.5 Å². The van der Waals surface area contributed by atoms with Gasteiger partial charge in [0.15, 0.2) is 0 Å². The molecule has 1 aliphatic rings. The van der Waals surface area contributed by atoms with E-state index in [4.69, 9.17) is 0 Å². The fourth-order valence-corrected chi connectivity index (χ4v) is 5.71. The summed E-state index contributed by atoms with van der Waals surface area (Å²) in [7, 11) is 0. The first kappa shape index (κ1) is 23.9. The summed E-state index contributed by atoms with van der Waals surface area (Å²) in [4.78, 5) is 8.00. The Labute approximate surface area is 197 Å². The number of aromatic nitrogens is 1. The normalized spacial score (nSPS) is 18.6. The number of nitrogens with one attached hydrogen (secondary N) is 2. The summed E-state index contributed by atoms with van der Waals surface area (Å²) in [6.07, 6.45) is 2.23. The van der Waals surface area contributed by atoms with Gasteiger partial charge in [-0.15, -0.1) is 11.3 Å². The number of thiazole rings is 1. The molecule has 4 nitrogen and oxygen atoms in total. The highest BCUT2D eigenvalue weighted by molar-refractivity contribution is 7.78. The molecule has 0 saturated carbocycles. The van der Waals surface area contributed by atoms with Crippen LogP contribution in [0.4, 0.5) is 0 Å². The van der Waals surface area contributed by atoms with Gasteiger partial charge >= 0.3 is 0 Å². The van der Waals surface area contributed by atoms with Crippen LogP contribution in [0.2, 0.25) is 0 Å². The summed E-state index contributed by atoms with van der Waals surface area (Å²) in [5, 5.41) is 3.66. The molecule has 2 heterocycles. The van der Waals surface area contributed by atoms with Gasteiger partial charge in [0.2, 0.25) is 0 Å². The molecule has 168 valence electrons. The van der Waals surface area contributed by atoms with Crippen molar-refractivity contribution >= 4 is 24.2 Å². The predicted molar refractivity (Wildman–Crippen MR) is 137 cm³/mol. The number of nitrogens with zero attached hydrogens (tertiary/aromatic N) is 2. The van der Waals surface area contributed by atoms with E-state index in [9.17, 15) is 0 Å². The Bertz CT molecular complexity index is 910. The van der Waals surface area contributed by atoms with Crippen molar-refractivity contribution in [1.29, 1.82) is 0 Å². The van der Waals surface area contributed by atoms with E-state index in [-0.39, 0.29) is 23.5 Å². The van der Waals surface area contributed by atoms with Gasteiger partial charge in [-0.3, -0.25) is 4.72 Å². The zero-order chi connectivity index (χ0) is 22.8. The van der Waals surface area contributed by atoms with E-state index in [0.717, 1.165) is 36.5 Å². The van der Waals surface area contributed by atoms with Crippen molar-refractivity contribution in [2.45, 2.75) is 65.6 Å². The molecule has 6 heteroatoms. The first-order chi connectivity index (χ1) is 14.6. The van der Waals surface area contributed by atoms with Crippen molar-refractivity contribution in [3.63, 3.8) is 0 Å². The summed E-state index contributed by atoms with van der Waals surface area (Å²) >= 11 is 6.07. The van der Waals surface area contributed by atoms with Crippen LogP contribution < -0.4 is 10.0 Å². The highest BCUT2D eigenvalue weighted by Gasteiger charge is 2.35. The topological polar surface area (TPSA) is 40.2 Å². The molecule has 1 aliphatic heterocycles. The SMILES string of the molecule is C=C(NC(C)c1ccc(-c2scnc2C)cc1)C1CCCN1C(=C)C(NS)C(C)(C)C. The van der Waals surface area contributed by atoms with Crippen molar-refractivity contribution < 1.29 is 0 Å². The number of rotatable bonds is 8. The van der Waals surface area contributed by atoms with Crippen molar-refractivity contribution in [3.8, 4) is 10.4 Å². The van der Waals surface area contributed by atoms with Gasteiger partial charge in [0.25, 0.3) is 0 Å². The average Bonchev–Trinajstić information content (AvgIpc) is 3.36. The van der Waals surface area contributed by atoms with Gasteiger partial charge in [-0.05, 0) is 43.2 Å². The quantitative estimate of drug-likeness (QED) is 0.419. The van der Waals surface area contributed by atoms with Gasteiger partial charge in [0.1, 0.15) is 0 Å². The summed E-state index contributed by atoms with van der Waals surface area (Å²) in [6.45, 7) is 20.7. The minimum atomic E-state index is 0.0339. The Morgan fingerprint density at radius 3 is 2.48 bits per heavy atom. The third-order valence-corrected chi connectivity index (χ3v) is 7.41. The molecule has 1 aromatic heterocycles. The van der Waals surface area contributed by atoms with Crippen LogP contribution in [0, 0.1) is 12.3 Å². The van der Waals surface area contributed by atoms with Crippen LogP contribution in [-0.2, 0) is 0 Å². The smallest absolute Gasteiger partial charge is 0.0801 e. The van der Waals surface area contributed by atoms with E-state index >= 15 is 0 Å². The molecule has 0 spiro atoms. The first-order valence-corrected chi connectivity index (χ1v) is 12.3. The van der Waals surface area contributed by atoms with Gasteiger partial charge in [-0.2, -0.15) is 0 Å². The molecule has 0 amide bonds. The Morgan fingerprint density at radius 2 is 1.94 bits per heavy atom. The van der Waals surface area contributed by atoms with Crippen LogP contribution in [0.15, 0.2) is 54.3 Å².